The molecule has 7 nitrogen and oxygen atoms in total. The lowest BCUT2D eigenvalue weighted by Gasteiger charge is -2.22. The number of carbonyl (C=O) groups excluding carboxylic acids is 1. The van der Waals surface area contributed by atoms with Crippen LogP contribution in [0.5, 0.6) is 5.75 Å². The predicted molar refractivity (Wildman–Crippen MR) is 132 cm³/mol. The number of rotatable bonds is 9. The van der Waals surface area contributed by atoms with Crippen LogP contribution < -0.4 is 10.2 Å². The Balaban J connectivity index is 1.78. The van der Waals surface area contributed by atoms with E-state index in [1.165, 1.54) is 18.3 Å². The molecule has 0 bridgehead atoms. The van der Waals surface area contributed by atoms with Crippen LogP contribution in [0.2, 0.25) is 5.02 Å². The van der Waals surface area contributed by atoms with E-state index in [1.54, 1.807) is 67.8 Å². The molecule has 10 heteroatoms. The maximum absolute atomic E-state index is 13.3. The number of sulfonamides is 1. The van der Waals surface area contributed by atoms with Crippen LogP contribution in [-0.2, 0) is 21.4 Å². The van der Waals surface area contributed by atoms with Crippen molar-refractivity contribution in [2.45, 2.75) is 11.4 Å². The van der Waals surface area contributed by atoms with Gasteiger partial charge in [-0.05, 0) is 65.7 Å². The summed E-state index contributed by atoms with van der Waals surface area (Å²) in [6, 6.07) is 20.2. The quantitative estimate of drug-likeness (QED) is 0.315. The molecule has 3 aromatic rings. The largest absolute Gasteiger partial charge is 0.497 e. The van der Waals surface area contributed by atoms with Gasteiger partial charge in [-0.1, -0.05) is 45.7 Å². The molecule has 0 fully saturated rings. The van der Waals surface area contributed by atoms with E-state index in [1.807, 2.05) is 0 Å². The minimum atomic E-state index is -3.99. The highest BCUT2D eigenvalue weighted by atomic mass is 79.9. The van der Waals surface area contributed by atoms with E-state index >= 15 is 0 Å². The summed E-state index contributed by atoms with van der Waals surface area (Å²) in [5.74, 6) is 0.108. The number of hydrazone groups is 1. The van der Waals surface area contributed by atoms with Crippen molar-refractivity contribution in [3.05, 3.63) is 93.4 Å². The van der Waals surface area contributed by atoms with Gasteiger partial charge in [0.1, 0.15) is 5.75 Å². The number of amides is 1. The third-order valence-electron chi connectivity index (χ3n) is 4.59. The van der Waals surface area contributed by atoms with E-state index in [0.717, 1.165) is 14.3 Å². The Labute approximate surface area is 206 Å². The second-order valence-corrected chi connectivity index (χ2v) is 10.1. The molecule has 0 spiro atoms. The van der Waals surface area contributed by atoms with E-state index in [2.05, 4.69) is 26.5 Å². The highest BCUT2D eigenvalue weighted by molar-refractivity contribution is 9.10. The summed E-state index contributed by atoms with van der Waals surface area (Å²) in [5.41, 5.74) is 3.70. The van der Waals surface area contributed by atoms with E-state index in [0.29, 0.717) is 16.3 Å². The Kier molecular flexibility index (Phi) is 8.62. The predicted octanol–water partition coefficient (Wildman–Crippen LogP) is 4.45. The average Bonchev–Trinajstić information content (AvgIpc) is 2.80. The van der Waals surface area contributed by atoms with E-state index < -0.39 is 22.5 Å². The smallest absolute Gasteiger partial charge is 0.255 e. The lowest BCUT2D eigenvalue weighted by Crippen LogP contribution is -2.39. The second kappa shape index (κ2) is 11.4. The standard InChI is InChI=1S/C23H21BrClN3O4S/c1-32-20-10-6-17(7-11-20)14-26-27-23(29)16-28(15-18-4-2-3-5-22(18)25)33(30,31)21-12-8-19(24)9-13-21/h2-14H,15-16H2,1H3,(H,27,29)/b26-14+. The van der Waals surface area contributed by atoms with Crippen LogP contribution >= 0.6 is 27.5 Å². The molecular formula is C23H21BrClN3O4S. The highest BCUT2D eigenvalue weighted by Gasteiger charge is 2.27. The first-order chi connectivity index (χ1) is 15.8. The third kappa shape index (κ3) is 6.88. The fraction of sp³-hybridized carbons (Fsp3) is 0.130. The zero-order valence-corrected chi connectivity index (χ0v) is 20.8. The topological polar surface area (TPSA) is 88.1 Å². The van der Waals surface area contributed by atoms with Gasteiger partial charge >= 0.3 is 0 Å². The number of hydrogen-bond donors (Lipinski definition) is 1. The van der Waals surface area contributed by atoms with Crippen LogP contribution in [0.4, 0.5) is 0 Å². The van der Waals surface area contributed by atoms with Gasteiger partial charge in [-0.25, -0.2) is 13.8 Å². The summed E-state index contributed by atoms with van der Waals surface area (Å²) in [4.78, 5) is 12.6. The molecular weight excluding hydrogens is 530 g/mol. The number of halogens is 2. The van der Waals surface area contributed by atoms with E-state index in [9.17, 15) is 13.2 Å². The Bertz CT molecular complexity index is 1230. The molecule has 0 aliphatic carbocycles. The van der Waals surface area contributed by atoms with Crippen LogP contribution in [0, 0.1) is 0 Å². The van der Waals surface area contributed by atoms with Crippen LogP contribution in [0.25, 0.3) is 0 Å². The van der Waals surface area contributed by atoms with Gasteiger partial charge < -0.3 is 4.74 Å². The molecule has 0 aromatic heterocycles. The first kappa shape index (κ1) is 24.9. The van der Waals surface area contributed by atoms with Crippen molar-refractivity contribution in [1.29, 1.82) is 0 Å². The fourth-order valence-corrected chi connectivity index (χ4v) is 4.70. The van der Waals surface area contributed by atoms with Gasteiger partial charge in [0.2, 0.25) is 10.0 Å². The molecule has 172 valence electrons. The van der Waals surface area contributed by atoms with E-state index in [-0.39, 0.29) is 11.4 Å². The van der Waals surface area contributed by atoms with Crippen LogP contribution in [0.3, 0.4) is 0 Å². The van der Waals surface area contributed by atoms with Crippen molar-refractivity contribution in [2.24, 2.45) is 5.10 Å². The van der Waals surface area contributed by atoms with Crippen molar-refractivity contribution in [3.8, 4) is 5.75 Å². The molecule has 0 saturated carbocycles. The Morgan fingerprint density at radius 3 is 2.39 bits per heavy atom. The molecule has 0 aliphatic heterocycles. The summed E-state index contributed by atoms with van der Waals surface area (Å²) >= 11 is 9.53. The molecule has 3 rings (SSSR count). The molecule has 33 heavy (non-hydrogen) atoms. The van der Waals surface area contributed by atoms with Crippen molar-refractivity contribution in [1.82, 2.24) is 9.73 Å². The van der Waals surface area contributed by atoms with Crippen molar-refractivity contribution < 1.29 is 17.9 Å². The Hall–Kier alpha value is -2.72. The number of ether oxygens (including phenoxy) is 1. The van der Waals surface area contributed by atoms with Crippen molar-refractivity contribution in [2.75, 3.05) is 13.7 Å². The number of methoxy groups -OCH3 is 1. The number of benzene rings is 3. The van der Waals surface area contributed by atoms with E-state index in [4.69, 9.17) is 16.3 Å². The third-order valence-corrected chi connectivity index (χ3v) is 7.30. The van der Waals surface area contributed by atoms with Gasteiger partial charge in [-0.15, -0.1) is 0 Å². The summed E-state index contributed by atoms with van der Waals surface area (Å²) in [6.45, 7) is -0.517. The number of nitrogens with one attached hydrogen (secondary N) is 1. The molecule has 1 amide bonds. The highest BCUT2D eigenvalue weighted by Crippen LogP contribution is 2.23. The molecule has 0 heterocycles. The van der Waals surface area contributed by atoms with Crippen LogP contribution in [0.15, 0.2) is 87.3 Å². The fourth-order valence-electron chi connectivity index (χ4n) is 2.86. The van der Waals surface area contributed by atoms with Crippen LogP contribution in [0.1, 0.15) is 11.1 Å². The SMILES string of the molecule is COc1ccc(/C=N/NC(=O)CN(Cc2ccccc2Cl)S(=O)(=O)c2ccc(Br)cc2)cc1. The molecule has 0 atom stereocenters. The van der Waals surface area contributed by atoms with Gasteiger partial charge in [-0.3, -0.25) is 4.79 Å². The summed E-state index contributed by atoms with van der Waals surface area (Å²) < 4.78 is 33.5. The molecule has 0 radical (unpaired) electrons. The van der Waals surface area contributed by atoms with Gasteiger partial charge in [0.25, 0.3) is 5.91 Å². The monoisotopic (exact) mass is 549 g/mol. The van der Waals surface area contributed by atoms with Crippen LogP contribution in [-0.4, -0.2) is 38.5 Å². The molecule has 0 saturated heterocycles. The van der Waals surface area contributed by atoms with Gasteiger partial charge in [0.05, 0.1) is 24.8 Å². The minimum Gasteiger partial charge on any atom is -0.497 e. The van der Waals surface area contributed by atoms with Crippen molar-refractivity contribution in [3.63, 3.8) is 0 Å². The first-order valence-electron chi connectivity index (χ1n) is 9.74. The van der Waals surface area contributed by atoms with Gasteiger partial charge in [0, 0.05) is 16.0 Å². The molecule has 0 aliphatic rings. The lowest BCUT2D eigenvalue weighted by molar-refractivity contribution is -0.121. The van der Waals surface area contributed by atoms with Gasteiger partial charge in [0.15, 0.2) is 0 Å². The Morgan fingerprint density at radius 2 is 1.76 bits per heavy atom. The zero-order chi connectivity index (χ0) is 23.8. The van der Waals surface area contributed by atoms with Gasteiger partial charge in [-0.2, -0.15) is 9.41 Å². The summed E-state index contributed by atoms with van der Waals surface area (Å²) in [7, 11) is -2.42. The lowest BCUT2D eigenvalue weighted by atomic mass is 10.2. The summed E-state index contributed by atoms with van der Waals surface area (Å²) in [5, 5.41) is 4.33. The average molecular weight is 551 g/mol. The summed E-state index contributed by atoms with van der Waals surface area (Å²) in [6.07, 6.45) is 1.46. The molecule has 3 aromatic carbocycles. The Morgan fingerprint density at radius 1 is 1.09 bits per heavy atom. The molecule has 1 N–H and O–H groups in total. The number of hydrogen-bond acceptors (Lipinski definition) is 5. The zero-order valence-electron chi connectivity index (χ0n) is 17.6. The second-order valence-electron chi connectivity index (χ2n) is 6.88. The number of carbonyl (C=O) groups is 1. The normalized spacial score (nSPS) is 11.6. The first-order valence-corrected chi connectivity index (χ1v) is 12.4. The maximum Gasteiger partial charge on any atom is 0.255 e. The number of nitrogens with zero attached hydrogens (tertiary/aromatic N) is 2. The van der Waals surface area contributed by atoms with Crippen molar-refractivity contribution >= 4 is 49.7 Å². The maximum atomic E-state index is 13.3. The molecule has 0 unspecified atom stereocenters. The minimum absolute atomic E-state index is 0.0623.